The Kier molecular flexibility index (Phi) is 3.42. The highest BCUT2D eigenvalue weighted by Crippen LogP contribution is 2.48. The third-order valence-corrected chi connectivity index (χ3v) is 5.53. The van der Waals surface area contributed by atoms with Crippen molar-refractivity contribution < 1.29 is 0 Å². The average Bonchev–Trinajstić information content (AvgIpc) is 2.77. The monoisotopic (exact) mass is 257 g/mol. The zero-order valence-corrected chi connectivity index (χ0v) is 12.4. The third-order valence-electron chi connectivity index (χ3n) is 5.53. The lowest BCUT2D eigenvalue weighted by molar-refractivity contribution is 0.222. The Morgan fingerprint density at radius 1 is 1.11 bits per heavy atom. The van der Waals surface area contributed by atoms with Crippen LogP contribution >= 0.6 is 0 Å². The van der Waals surface area contributed by atoms with E-state index in [4.69, 9.17) is 5.73 Å². The molecule has 1 nitrogen and oxygen atoms in total. The lowest BCUT2D eigenvalue weighted by Crippen LogP contribution is -2.29. The van der Waals surface area contributed by atoms with Gasteiger partial charge in [0, 0.05) is 6.04 Å². The Bertz CT molecular complexity index is 461. The molecule has 0 aromatic heterocycles. The summed E-state index contributed by atoms with van der Waals surface area (Å²) in [5.74, 6) is 0.647. The number of hydrogen-bond donors (Lipinski definition) is 1. The third kappa shape index (κ3) is 2.45. The van der Waals surface area contributed by atoms with Crippen molar-refractivity contribution in [1.29, 1.82) is 0 Å². The Labute approximate surface area is 117 Å². The molecule has 104 valence electrons. The average molecular weight is 257 g/mol. The maximum atomic E-state index is 6.61. The number of aryl methyl sites for hydroxylation is 2. The first-order valence-corrected chi connectivity index (χ1v) is 7.95. The molecule has 0 saturated heterocycles. The van der Waals surface area contributed by atoms with Crippen LogP contribution in [0.4, 0.5) is 0 Å². The molecular formula is C18H27N. The summed E-state index contributed by atoms with van der Waals surface area (Å²) in [5, 5.41) is 0. The second kappa shape index (κ2) is 4.94. The van der Waals surface area contributed by atoms with Crippen LogP contribution in [0.5, 0.6) is 0 Å². The molecule has 0 amide bonds. The number of rotatable bonds is 2. The molecule has 2 unspecified atom stereocenters. The zero-order chi connectivity index (χ0) is 13.5. The molecule has 1 heteroatoms. The van der Waals surface area contributed by atoms with Crippen molar-refractivity contribution in [2.75, 3.05) is 0 Å². The summed E-state index contributed by atoms with van der Waals surface area (Å²) in [6.07, 6.45) is 9.19. The number of benzene rings is 1. The summed E-state index contributed by atoms with van der Waals surface area (Å²) in [6.45, 7) is 4.78. The molecule has 1 aromatic rings. The lowest BCUT2D eigenvalue weighted by Gasteiger charge is -2.32. The second-order valence-corrected chi connectivity index (χ2v) is 7.25. The minimum atomic E-state index is 0.227. The summed E-state index contributed by atoms with van der Waals surface area (Å²) >= 11 is 0. The van der Waals surface area contributed by atoms with Gasteiger partial charge in [-0.1, -0.05) is 38.5 Å². The summed E-state index contributed by atoms with van der Waals surface area (Å²) < 4.78 is 0. The smallest absolute Gasteiger partial charge is 0.0328 e. The van der Waals surface area contributed by atoms with Crippen molar-refractivity contribution in [1.82, 2.24) is 0 Å². The fourth-order valence-electron chi connectivity index (χ4n) is 4.21. The van der Waals surface area contributed by atoms with E-state index in [-0.39, 0.29) is 6.04 Å². The van der Waals surface area contributed by atoms with Gasteiger partial charge in [0.1, 0.15) is 0 Å². The van der Waals surface area contributed by atoms with Crippen molar-refractivity contribution in [2.24, 2.45) is 17.1 Å². The predicted molar refractivity (Wildman–Crippen MR) is 81.1 cm³/mol. The predicted octanol–water partition coefficient (Wildman–Crippen LogP) is 4.39. The van der Waals surface area contributed by atoms with Crippen LogP contribution in [0.25, 0.3) is 0 Å². The van der Waals surface area contributed by atoms with Crippen LogP contribution in [-0.4, -0.2) is 0 Å². The molecular weight excluding hydrogens is 230 g/mol. The standard InChI is InChI=1S/C18H27N/c1-18(2)11-5-8-16(18)17(19)15-10-9-13-6-3-4-7-14(13)12-15/h9-10,12,16-17H,3-8,11,19H2,1-2H3. The van der Waals surface area contributed by atoms with Crippen molar-refractivity contribution in [3.8, 4) is 0 Å². The van der Waals surface area contributed by atoms with Gasteiger partial charge in [0.05, 0.1) is 0 Å². The maximum absolute atomic E-state index is 6.61. The summed E-state index contributed by atoms with van der Waals surface area (Å²) in [7, 11) is 0. The van der Waals surface area contributed by atoms with Gasteiger partial charge in [-0.2, -0.15) is 0 Å². The molecule has 1 aromatic carbocycles. The Morgan fingerprint density at radius 2 is 1.84 bits per heavy atom. The molecule has 0 bridgehead atoms. The molecule has 0 spiro atoms. The SMILES string of the molecule is CC1(C)CCCC1C(N)c1ccc2c(c1)CCCC2. The number of hydrogen-bond acceptors (Lipinski definition) is 1. The minimum absolute atomic E-state index is 0.227. The molecule has 2 atom stereocenters. The lowest BCUT2D eigenvalue weighted by atomic mass is 9.75. The van der Waals surface area contributed by atoms with Crippen molar-refractivity contribution in [2.45, 2.75) is 64.8 Å². The van der Waals surface area contributed by atoms with E-state index in [0.29, 0.717) is 11.3 Å². The van der Waals surface area contributed by atoms with Gasteiger partial charge in [0.15, 0.2) is 0 Å². The Balaban J connectivity index is 1.85. The van der Waals surface area contributed by atoms with Gasteiger partial charge in [-0.05, 0) is 66.5 Å². The molecule has 2 aliphatic rings. The highest BCUT2D eigenvalue weighted by atomic mass is 14.7. The fraction of sp³-hybridized carbons (Fsp3) is 0.667. The topological polar surface area (TPSA) is 26.0 Å². The maximum Gasteiger partial charge on any atom is 0.0328 e. The van der Waals surface area contributed by atoms with Crippen molar-refractivity contribution in [3.63, 3.8) is 0 Å². The molecule has 1 saturated carbocycles. The highest BCUT2D eigenvalue weighted by Gasteiger charge is 2.38. The van der Waals surface area contributed by atoms with E-state index < -0.39 is 0 Å². The summed E-state index contributed by atoms with van der Waals surface area (Å²) in [5.41, 5.74) is 11.5. The second-order valence-electron chi connectivity index (χ2n) is 7.25. The van der Waals surface area contributed by atoms with E-state index in [1.165, 1.54) is 50.5 Å². The first kappa shape index (κ1) is 13.2. The van der Waals surface area contributed by atoms with E-state index in [1.807, 2.05) is 0 Å². The molecule has 3 rings (SSSR count). The van der Waals surface area contributed by atoms with Gasteiger partial charge in [0.25, 0.3) is 0 Å². The molecule has 1 fully saturated rings. The van der Waals surface area contributed by atoms with E-state index in [2.05, 4.69) is 32.0 Å². The van der Waals surface area contributed by atoms with Crippen LogP contribution in [0.2, 0.25) is 0 Å². The molecule has 0 radical (unpaired) electrons. The Hall–Kier alpha value is -0.820. The molecule has 2 aliphatic carbocycles. The van der Waals surface area contributed by atoms with E-state index >= 15 is 0 Å². The molecule has 0 aliphatic heterocycles. The Morgan fingerprint density at radius 3 is 2.53 bits per heavy atom. The largest absolute Gasteiger partial charge is 0.324 e. The van der Waals surface area contributed by atoms with E-state index in [9.17, 15) is 0 Å². The number of fused-ring (bicyclic) bond motifs is 1. The van der Waals surface area contributed by atoms with Crippen LogP contribution in [-0.2, 0) is 12.8 Å². The summed E-state index contributed by atoms with van der Waals surface area (Å²) in [6, 6.07) is 7.27. The van der Waals surface area contributed by atoms with Crippen molar-refractivity contribution >= 4 is 0 Å². The quantitative estimate of drug-likeness (QED) is 0.835. The zero-order valence-electron chi connectivity index (χ0n) is 12.4. The van der Waals surface area contributed by atoms with E-state index in [1.54, 1.807) is 11.1 Å². The van der Waals surface area contributed by atoms with Gasteiger partial charge in [0.2, 0.25) is 0 Å². The first-order valence-electron chi connectivity index (χ1n) is 7.95. The van der Waals surface area contributed by atoms with Gasteiger partial charge < -0.3 is 5.73 Å². The van der Waals surface area contributed by atoms with E-state index in [0.717, 1.165) is 0 Å². The molecule has 19 heavy (non-hydrogen) atoms. The van der Waals surface area contributed by atoms with Crippen LogP contribution in [0, 0.1) is 11.3 Å². The highest BCUT2D eigenvalue weighted by molar-refractivity contribution is 5.35. The normalized spacial score (nSPS) is 27.0. The van der Waals surface area contributed by atoms with Gasteiger partial charge in [-0.15, -0.1) is 0 Å². The van der Waals surface area contributed by atoms with Gasteiger partial charge >= 0.3 is 0 Å². The minimum Gasteiger partial charge on any atom is -0.324 e. The van der Waals surface area contributed by atoms with Crippen LogP contribution < -0.4 is 5.73 Å². The van der Waals surface area contributed by atoms with Crippen molar-refractivity contribution in [3.05, 3.63) is 34.9 Å². The fourth-order valence-corrected chi connectivity index (χ4v) is 4.21. The van der Waals surface area contributed by atoms with Gasteiger partial charge in [-0.25, -0.2) is 0 Å². The number of nitrogens with two attached hydrogens (primary N) is 1. The first-order chi connectivity index (χ1) is 9.08. The van der Waals surface area contributed by atoms with Crippen LogP contribution in [0.1, 0.15) is 68.7 Å². The molecule has 0 heterocycles. The molecule has 2 N–H and O–H groups in total. The van der Waals surface area contributed by atoms with Gasteiger partial charge in [-0.3, -0.25) is 0 Å². The summed E-state index contributed by atoms with van der Waals surface area (Å²) in [4.78, 5) is 0. The van der Waals surface area contributed by atoms with Crippen LogP contribution in [0.3, 0.4) is 0 Å². The van der Waals surface area contributed by atoms with Crippen LogP contribution in [0.15, 0.2) is 18.2 Å².